The highest BCUT2D eigenvalue weighted by molar-refractivity contribution is 6.05. The van der Waals surface area contributed by atoms with E-state index in [1.165, 1.54) is 10.8 Å². The number of hydrogen-bond donors (Lipinski definition) is 2. The smallest absolute Gasteiger partial charge is 0.268 e. The van der Waals surface area contributed by atoms with Crippen LogP contribution in [0.3, 0.4) is 0 Å². The van der Waals surface area contributed by atoms with Crippen molar-refractivity contribution in [1.29, 1.82) is 5.26 Å². The van der Waals surface area contributed by atoms with Gasteiger partial charge in [0, 0.05) is 11.5 Å². The Labute approximate surface area is 194 Å². The van der Waals surface area contributed by atoms with Gasteiger partial charge in [-0.15, -0.1) is 0 Å². The van der Waals surface area contributed by atoms with Crippen LogP contribution in [0.2, 0.25) is 0 Å². The molecule has 0 aliphatic carbocycles. The Kier molecular flexibility index (Phi) is 6.56. The second-order valence-electron chi connectivity index (χ2n) is 7.35. The lowest BCUT2D eigenvalue weighted by atomic mass is 10.1. The predicted molar refractivity (Wildman–Crippen MR) is 127 cm³/mol. The number of benzene rings is 3. The first kappa shape index (κ1) is 22.2. The Balaban J connectivity index is 1.52. The minimum atomic E-state index is -0.655. The zero-order valence-electron chi connectivity index (χ0n) is 17.9. The van der Waals surface area contributed by atoms with Crippen LogP contribution in [0.25, 0.3) is 16.8 Å². The van der Waals surface area contributed by atoms with Crippen molar-refractivity contribution in [3.63, 3.8) is 0 Å². The van der Waals surface area contributed by atoms with Crippen LogP contribution in [0.4, 0.5) is 0 Å². The molecule has 2 amide bonds. The van der Waals surface area contributed by atoms with E-state index in [9.17, 15) is 14.4 Å². The molecule has 3 aromatic carbocycles. The lowest BCUT2D eigenvalue weighted by molar-refractivity contribution is -0.117. The van der Waals surface area contributed by atoms with E-state index in [2.05, 4.69) is 16.0 Å². The number of fused-ring (bicyclic) bond motifs is 1. The highest BCUT2D eigenvalue weighted by atomic mass is 16.2. The van der Waals surface area contributed by atoms with Gasteiger partial charge < -0.3 is 0 Å². The first-order chi connectivity index (χ1) is 16.5. The number of hydrazine groups is 1. The van der Waals surface area contributed by atoms with Crippen LogP contribution in [-0.2, 0) is 11.3 Å². The number of carbonyl (C=O) groups excluding carboxylic acids is 2. The van der Waals surface area contributed by atoms with Crippen LogP contribution in [0, 0.1) is 11.3 Å². The van der Waals surface area contributed by atoms with Gasteiger partial charge in [0.05, 0.1) is 23.6 Å². The van der Waals surface area contributed by atoms with Crippen molar-refractivity contribution in [2.75, 3.05) is 0 Å². The molecule has 1 aromatic heterocycles. The van der Waals surface area contributed by atoms with Gasteiger partial charge >= 0.3 is 0 Å². The maximum absolute atomic E-state index is 12.9. The highest BCUT2D eigenvalue weighted by Gasteiger charge is 2.17. The monoisotopic (exact) mass is 449 g/mol. The summed E-state index contributed by atoms with van der Waals surface area (Å²) < 4.78 is 1.24. The van der Waals surface area contributed by atoms with Crippen molar-refractivity contribution in [3.05, 3.63) is 118 Å². The normalized spacial score (nSPS) is 10.7. The van der Waals surface area contributed by atoms with Crippen LogP contribution in [-0.4, -0.2) is 21.6 Å². The van der Waals surface area contributed by atoms with Crippen LogP contribution >= 0.6 is 0 Å². The molecule has 1 heterocycles. The highest BCUT2D eigenvalue weighted by Crippen LogP contribution is 2.14. The van der Waals surface area contributed by atoms with E-state index in [0.717, 1.165) is 11.1 Å². The van der Waals surface area contributed by atoms with Gasteiger partial charge in [-0.2, -0.15) is 10.4 Å². The van der Waals surface area contributed by atoms with Crippen molar-refractivity contribution < 1.29 is 9.59 Å². The molecular formula is C26H19N5O3. The minimum absolute atomic E-state index is 0.0162. The molecule has 34 heavy (non-hydrogen) atoms. The molecular weight excluding hydrogens is 430 g/mol. The number of aromatic nitrogens is 2. The van der Waals surface area contributed by atoms with Crippen molar-refractivity contribution >= 4 is 28.7 Å². The van der Waals surface area contributed by atoms with Crippen LogP contribution in [0.5, 0.6) is 0 Å². The number of nitrogens with zero attached hydrogens (tertiary/aromatic N) is 3. The second-order valence-corrected chi connectivity index (χ2v) is 7.35. The van der Waals surface area contributed by atoms with Gasteiger partial charge in [0.2, 0.25) is 0 Å². The third kappa shape index (κ3) is 5.06. The molecule has 0 fully saturated rings. The van der Waals surface area contributed by atoms with Crippen LogP contribution < -0.4 is 16.4 Å². The Morgan fingerprint density at radius 1 is 0.912 bits per heavy atom. The van der Waals surface area contributed by atoms with E-state index in [1.54, 1.807) is 54.6 Å². The molecule has 0 spiro atoms. The van der Waals surface area contributed by atoms with E-state index in [0.29, 0.717) is 16.3 Å². The van der Waals surface area contributed by atoms with Gasteiger partial charge in [0.15, 0.2) is 5.69 Å². The number of carbonyl (C=O) groups is 2. The van der Waals surface area contributed by atoms with Gasteiger partial charge in [-0.05, 0) is 35.4 Å². The first-order valence-electron chi connectivity index (χ1n) is 10.4. The Hall–Kier alpha value is -5.03. The van der Waals surface area contributed by atoms with Gasteiger partial charge in [0.1, 0.15) is 0 Å². The molecule has 0 aliphatic heterocycles. The maximum Gasteiger partial charge on any atom is 0.290 e. The molecule has 0 unspecified atom stereocenters. The lowest BCUT2D eigenvalue weighted by Gasteiger charge is -2.11. The van der Waals surface area contributed by atoms with E-state index in [1.807, 2.05) is 36.4 Å². The van der Waals surface area contributed by atoms with Crippen LogP contribution in [0.15, 0.2) is 89.7 Å². The molecule has 0 saturated heterocycles. The Morgan fingerprint density at radius 3 is 2.29 bits per heavy atom. The summed E-state index contributed by atoms with van der Waals surface area (Å²) in [5.41, 5.74) is 6.46. The summed E-state index contributed by atoms with van der Waals surface area (Å²) in [6.07, 6.45) is 2.81. The average molecular weight is 449 g/mol. The van der Waals surface area contributed by atoms with Gasteiger partial charge in [-0.25, -0.2) is 4.68 Å². The average Bonchev–Trinajstić information content (AvgIpc) is 2.88. The molecule has 166 valence electrons. The zero-order chi connectivity index (χ0) is 23.9. The quantitative estimate of drug-likeness (QED) is 0.359. The van der Waals surface area contributed by atoms with Crippen molar-refractivity contribution in [1.82, 2.24) is 20.6 Å². The molecule has 4 rings (SSSR count). The molecule has 0 bridgehead atoms. The van der Waals surface area contributed by atoms with Gasteiger partial charge in [-0.3, -0.25) is 25.2 Å². The lowest BCUT2D eigenvalue weighted by Crippen LogP contribution is -2.42. The summed E-state index contributed by atoms with van der Waals surface area (Å²) in [5.74, 6) is -1.21. The summed E-state index contributed by atoms with van der Waals surface area (Å²) >= 11 is 0. The van der Waals surface area contributed by atoms with E-state index >= 15 is 0 Å². The molecule has 4 aromatic rings. The second kappa shape index (κ2) is 10.1. The maximum atomic E-state index is 12.9. The molecule has 2 N–H and O–H groups in total. The molecule has 0 saturated carbocycles. The van der Waals surface area contributed by atoms with E-state index in [4.69, 9.17) is 5.26 Å². The first-order valence-corrected chi connectivity index (χ1v) is 10.4. The molecule has 0 aliphatic rings. The fourth-order valence-corrected chi connectivity index (χ4v) is 3.33. The van der Waals surface area contributed by atoms with Gasteiger partial charge in [-0.1, -0.05) is 60.7 Å². The fraction of sp³-hybridized carbons (Fsp3) is 0.0385. The number of hydrogen-bond acceptors (Lipinski definition) is 5. The van der Waals surface area contributed by atoms with Crippen molar-refractivity contribution in [2.24, 2.45) is 0 Å². The largest absolute Gasteiger partial charge is 0.290 e. The number of nitrogens with one attached hydrogen (secondary N) is 2. The summed E-state index contributed by atoms with van der Waals surface area (Å²) in [5, 5.41) is 13.9. The molecule has 0 atom stereocenters. The fourth-order valence-electron chi connectivity index (χ4n) is 3.33. The summed E-state index contributed by atoms with van der Waals surface area (Å²) in [6.45, 7) is 0.199. The van der Waals surface area contributed by atoms with Crippen LogP contribution in [0.1, 0.15) is 27.2 Å². The third-order valence-electron chi connectivity index (χ3n) is 5.02. The number of rotatable bonds is 5. The molecule has 8 nitrogen and oxygen atoms in total. The molecule has 0 radical (unpaired) electrons. The Bertz CT molecular complexity index is 1480. The molecule has 8 heteroatoms. The third-order valence-corrected chi connectivity index (χ3v) is 5.02. The van der Waals surface area contributed by atoms with Gasteiger partial charge in [0.25, 0.3) is 17.4 Å². The Morgan fingerprint density at radius 2 is 1.59 bits per heavy atom. The summed E-state index contributed by atoms with van der Waals surface area (Å²) in [4.78, 5) is 37.9. The number of nitriles is 1. The van der Waals surface area contributed by atoms with E-state index < -0.39 is 11.8 Å². The topological polar surface area (TPSA) is 117 Å². The number of amides is 2. The predicted octanol–water partition coefficient (Wildman–Crippen LogP) is 2.79. The summed E-state index contributed by atoms with van der Waals surface area (Å²) in [6, 6.07) is 24.7. The van der Waals surface area contributed by atoms with Crippen molar-refractivity contribution in [2.45, 2.75) is 6.54 Å². The van der Waals surface area contributed by atoms with Crippen molar-refractivity contribution in [3.8, 4) is 6.07 Å². The minimum Gasteiger partial charge on any atom is -0.268 e. The summed E-state index contributed by atoms with van der Waals surface area (Å²) in [7, 11) is 0. The SMILES string of the molecule is N#Cc1ccc(/C=C/C(=O)NNC(=O)c2nn(Cc3ccccc3)c(=O)c3ccccc23)cc1. The zero-order valence-corrected chi connectivity index (χ0v) is 17.9. The standard InChI is InChI=1S/C26H19N5O3/c27-16-19-12-10-18(11-13-19)14-15-23(32)28-29-25(33)24-21-8-4-5-9-22(21)26(34)31(30-24)17-20-6-2-1-3-7-20/h1-15H,17H2,(H,28,32)(H,29,33)/b15-14+. The van der Waals surface area contributed by atoms with E-state index in [-0.39, 0.29) is 17.8 Å².